The van der Waals surface area contributed by atoms with Gasteiger partial charge in [0, 0.05) is 43.4 Å². The van der Waals surface area contributed by atoms with Crippen molar-refractivity contribution in [3.8, 4) is 11.3 Å². The SMILES string of the molecule is Cn1nc(-c2ccccc2)c2c1CCN(C(=O)C1CCCCN1)CC2. The third-order valence-corrected chi connectivity index (χ3v) is 5.49. The summed E-state index contributed by atoms with van der Waals surface area (Å²) in [6, 6.07) is 10.4. The molecular weight excluding hydrogens is 312 g/mol. The van der Waals surface area contributed by atoms with E-state index >= 15 is 0 Å². The molecule has 2 aromatic rings. The van der Waals surface area contributed by atoms with E-state index in [9.17, 15) is 4.79 Å². The van der Waals surface area contributed by atoms with Gasteiger partial charge in [-0.05, 0) is 25.8 Å². The monoisotopic (exact) mass is 338 g/mol. The molecule has 3 heterocycles. The molecule has 1 aromatic heterocycles. The number of amides is 1. The molecule has 1 fully saturated rings. The van der Waals surface area contributed by atoms with Gasteiger partial charge in [-0.2, -0.15) is 5.10 Å². The predicted molar refractivity (Wildman–Crippen MR) is 98.3 cm³/mol. The molecule has 5 heteroatoms. The molecule has 4 rings (SSSR count). The van der Waals surface area contributed by atoms with Gasteiger partial charge < -0.3 is 10.2 Å². The van der Waals surface area contributed by atoms with Crippen molar-refractivity contribution < 1.29 is 4.79 Å². The largest absolute Gasteiger partial charge is 0.341 e. The number of aryl methyl sites for hydroxylation is 1. The zero-order chi connectivity index (χ0) is 17.2. The summed E-state index contributed by atoms with van der Waals surface area (Å²) >= 11 is 0. The van der Waals surface area contributed by atoms with Crippen molar-refractivity contribution in [1.82, 2.24) is 20.0 Å². The van der Waals surface area contributed by atoms with Gasteiger partial charge in [0.05, 0.1) is 11.7 Å². The molecule has 1 atom stereocenters. The number of nitrogens with zero attached hydrogens (tertiary/aromatic N) is 3. The first-order valence-corrected chi connectivity index (χ1v) is 9.36. The smallest absolute Gasteiger partial charge is 0.239 e. The van der Waals surface area contributed by atoms with Crippen molar-refractivity contribution in [3.05, 3.63) is 41.6 Å². The third-order valence-electron chi connectivity index (χ3n) is 5.49. The third kappa shape index (κ3) is 3.21. The Hall–Kier alpha value is -2.14. The molecule has 0 aliphatic carbocycles. The van der Waals surface area contributed by atoms with Crippen LogP contribution in [0, 0.1) is 0 Å². The van der Waals surface area contributed by atoms with Gasteiger partial charge in [-0.1, -0.05) is 36.8 Å². The maximum atomic E-state index is 12.9. The van der Waals surface area contributed by atoms with E-state index in [2.05, 4.69) is 34.5 Å². The molecule has 0 radical (unpaired) electrons. The Bertz CT molecular complexity index is 747. The fourth-order valence-electron chi connectivity index (χ4n) is 4.11. The Morgan fingerprint density at radius 2 is 1.96 bits per heavy atom. The first-order chi connectivity index (χ1) is 12.2. The van der Waals surface area contributed by atoms with E-state index in [1.165, 1.54) is 17.7 Å². The molecule has 2 aliphatic heterocycles. The average molecular weight is 338 g/mol. The molecule has 1 amide bonds. The molecule has 132 valence electrons. The van der Waals surface area contributed by atoms with Gasteiger partial charge in [0.25, 0.3) is 0 Å². The highest BCUT2D eigenvalue weighted by Gasteiger charge is 2.29. The van der Waals surface area contributed by atoms with Gasteiger partial charge in [0.1, 0.15) is 0 Å². The molecule has 1 saturated heterocycles. The minimum Gasteiger partial charge on any atom is -0.341 e. The van der Waals surface area contributed by atoms with Crippen molar-refractivity contribution in [2.75, 3.05) is 19.6 Å². The maximum absolute atomic E-state index is 12.9. The number of carbonyl (C=O) groups is 1. The second-order valence-electron chi connectivity index (χ2n) is 7.09. The summed E-state index contributed by atoms with van der Waals surface area (Å²) in [6.07, 6.45) is 5.07. The number of fused-ring (bicyclic) bond motifs is 1. The van der Waals surface area contributed by atoms with Crippen molar-refractivity contribution >= 4 is 5.91 Å². The minimum absolute atomic E-state index is 0.0154. The lowest BCUT2D eigenvalue weighted by atomic mass is 10.0. The summed E-state index contributed by atoms with van der Waals surface area (Å²) < 4.78 is 2.00. The van der Waals surface area contributed by atoms with Crippen LogP contribution >= 0.6 is 0 Å². The predicted octanol–water partition coefficient (Wildman–Crippen LogP) is 2.16. The number of aromatic nitrogens is 2. The van der Waals surface area contributed by atoms with Crippen LogP contribution in [0.2, 0.25) is 0 Å². The summed E-state index contributed by atoms with van der Waals surface area (Å²) in [5.74, 6) is 0.279. The lowest BCUT2D eigenvalue weighted by Gasteiger charge is -2.29. The van der Waals surface area contributed by atoms with Gasteiger partial charge in [0.15, 0.2) is 0 Å². The van der Waals surface area contributed by atoms with Crippen molar-refractivity contribution in [2.24, 2.45) is 7.05 Å². The van der Waals surface area contributed by atoms with Gasteiger partial charge in [-0.15, -0.1) is 0 Å². The van der Waals surface area contributed by atoms with E-state index in [-0.39, 0.29) is 11.9 Å². The second-order valence-corrected chi connectivity index (χ2v) is 7.09. The Morgan fingerprint density at radius 1 is 1.16 bits per heavy atom. The van der Waals surface area contributed by atoms with Gasteiger partial charge in [0.2, 0.25) is 5.91 Å². The number of piperidine rings is 1. The number of carbonyl (C=O) groups excluding carboxylic acids is 1. The van der Waals surface area contributed by atoms with Gasteiger partial charge in [-0.25, -0.2) is 0 Å². The van der Waals surface area contributed by atoms with Crippen LogP contribution in [0.1, 0.15) is 30.5 Å². The Kier molecular flexibility index (Phi) is 4.57. The maximum Gasteiger partial charge on any atom is 0.239 e. The first kappa shape index (κ1) is 16.3. The van der Waals surface area contributed by atoms with E-state index in [1.807, 2.05) is 17.8 Å². The zero-order valence-electron chi connectivity index (χ0n) is 14.9. The quantitative estimate of drug-likeness (QED) is 0.913. The standard InChI is InChI=1S/C20H26N4O/c1-23-18-11-14-24(20(25)17-9-5-6-12-21-17)13-10-16(18)19(22-23)15-7-3-2-4-8-15/h2-4,7-8,17,21H,5-6,9-14H2,1H3. The Morgan fingerprint density at radius 3 is 2.72 bits per heavy atom. The summed E-state index contributed by atoms with van der Waals surface area (Å²) in [5, 5.41) is 8.16. The number of benzene rings is 1. The second kappa shape index (κ2) is 7.00. The van der Waals surface area contributed by atoms with Crippen molar-refractivity contribution in [2.45, 2.75) is 38.1 Å². The molecule has 5 nitrogen and oxygen atoms in total. The highest BCUT2D eigenvalue weighted by atomic mass is 16.2. The molecule has 0 bridgehead atoms. The van der Waals surface area contributed by atoms with E-state index in [0.29, 0.717) is 0 Å². The molecule has 0 saturated carbocycles. The Labute approximate surface area is 149 Å². The molecule has 1 N–H and O–H groups in total. The summed E-state index contributed by atoms with van der Waals surface area (Å²) in [4.78, 5) is 14.9. The van der Waals surface area contributed by atoms with Crippen LogP contribution in [0.3, 0.4) is 0 Å². The topological polar surface area (TPSA) is 50.2 Å². The van der Waals surface area contributed by atoms with Gasteiger partial charge in [-0.3, -0.25) is 9.48 Å². The highest BCUT2D eigenvalue weighted by molar-refractivity contribution is 5.82. The van der Waals surface area contributed by atoms with Crippen LogP contribution in [-0.2, 0) is 24.7 Å². The van der Waals surface area contributed by atoms with Crippen LogP contribution in [-0.4, -0.2) is 46.3 Å². The highest BCUT2D eigenvalue weighted by Crippen LogP contribution is 2.28. The number of hydrogen-bond donors (Lipinski definition) is 1. The summed E-state index contributed by atoms with van der Waals surface area (Å²) in [6.45, 7) is 2.54. The lowest BCUT2D eigenvalue weighted by Crippen LogP contribution is -2.49. The fraction of sp³-hybridized carbons (Fsp3) is 0.500. The molecule has 1 unspecified atom stereocenters. The Balaban J connectivity index is 1.55. The van der Waals surface area contributed by atoms with Crippen LogP contribution < -0.4 is 5.32 Å². The molecule has 25 heavy (non-hydrogen) atoms. The van der Waals surface area contributed by atoms with Crippen LogP contribution in [0.15, 0.2) is 30.3 Å². The van der Waals surface area contributed by atoms with Crippen molar-refractivity contribution in [1.29, 1.82) is 0 Å². The normalized spacial score (nSPS) is 20.8. The van der Waals surface area contributed by atoms with E-state index in [1.54, 1.807) is 0 Å². The van der Waals surface area contributed by atoms with E-state index in [4.69, 9.17) is 5.10 Å². The van der Waals surface area contributed by atoms with E-state index < -0.39 is 0 Å². The number of hydrogen-bond acceptors (Lipinski definition) is 3. The zero-order valence-corrected chi connectivity index (χ0v) is 14.9. The molecule has 1 aromatic carbocycles. The minimum atomic E-state index is 0.0154. The molecular formula is C20H26N4O. The van der Waals surface area contributed by atoms with Crippen LogP contribution in [0.25, 0.3) is 11.3 Å². The lowest BCUT2D eigenvalue weighted by molar-refractivity contribution is -0.133. The van der Waals surface area contributed by atoms with Gasteiger partial charge >= 0.3 is 0 Å². The number of nitrogens with one attached hydrogen (secondary N) is 1. The number of rotatable bonds is 2. The molecule has 2 aliphatic rings. The van der Waals surface area contributed by atoms with Crippen LogP contribution in [0.5, 0.6) is 0 Å². The molecule has 0 spiro atoms. The fourth-order valence-corrected chi connectivity index (χ4v) is 4.11. The summed E-state index contributed by atoms with van der Waals surface area (Å²) in [5.41, 5.74) is 4.81. The van der Waals surface area contributed by atoms with E-state index in [0.717, 1.165) is 56.6 Å². The first-order valence-electron chi connectivity index (χ1n) is 9.36. The average Bonchev–Trinajstić information content (AvgIpc) is 2.84. The summed E-state index contributed by atoms with van der Waals surface area (Å²) in [7, 11) is 2.02. The van der Waals surface area contributed by atoms with Crippen molar-refractivity contribution in [3.63, 3.8) is 0 Å². The van der Waals surface area contributed by atoms with Crippen LogP contribution in [0.4, 0.5) is 0 Å².